The van der Waals surface area contributed by atoms with Crippen molar-refractivity contribution < 1.29 is 14.3 Å². The van der Waals surface area contributed by atoms with Gasteiger partial charge in [0.25, 0.3) is 0 Å². The monoisotopic (exact) mass is 250 g/mol. The molecule has 5 heteroatoms. The Balaban J connectivity index is 1.90. The van der Waals surface area contributed by atoms with Gasteiger partial charge in [-0.25, -0.2) is 9.97 Å². The van der Waals surface area contributed by atoms with E-state index in [4.69, 9.17) is 9.47 Å². The number of ketones is 1. The molecule has 1 aromatic heterocycles. The summed E-state index contributed by atoms with van der Waals surface area (Å²) >= 11 is 0. The van der Waals surface area contributed by atoms with Gasteiger partial charge in [0.05, 0.1) is 13.2 Å². The molecular weight excluding hydrogens is 232 g/mol. The van der Waals surface area contributed by atoms with Crippen LogP contribution in [0.2, 0.25) is 0 Å². The normalized spacial score (nSPS) is 19.5. The van der Waals surface area contributed by atoms with Crippen LogP contribution in [0.25, 0.3) is 0 Å². The standard InChI is InChI=1S/C13H18N2O3/c1-17-13-12(14-7-8-15-13)11(16)6-5-10-4-2-3-9-18-10/h7-8,10H,2-6,9H2,1H3. The highest BCUT2D eigenvalue weighted by Gasteiger charge is 2.19. The quantitative estimate of drug-likeness (QED) is 0.748. The van der Waals surface area contributed by atoms with Gasteiger partial charge < -0.3 is 9.47 Å². The Morgan fingerprint density at radius 3 is 3.00 bits per heavy atom. The summed E-state index contributed by atoms with van der Waals surface area (Å²) in [6.45, 7) is 0.813. The van der Waals surface area contributed by atoms with Crippen molar-refractivity contribution in [2.45, 2.75) is 38.2 Å². The van der Waals surface area contributed by atoms with Crippen molar-refractivity contribution in [3.63, 3.8) is 0 Å². The highest BCUT2D eigenvalue weighted by molar-refractivity contribution is 5.96. The molecule has 1 fully saturated rings. The summed E-state index contributed by atoms with van der Waals surface area (Å²) < 4.78 is 10.6. The number of methoxy groups -OCH3 is 1. The predicted octanol–water partition coefficient (Wildman–Crippen LogP) is 2.02. The Morgan fingerprint density at radius 1 is 1.44 bits per heavy atom. The van der Waals surface area contributed by atoms with Crippen LogP contribution in [0.1, 0.15) is 42.6 Å². The minimum atomic E-state index is -0.0332. The summed E-state index contributed by atoms with van der Waals surface area (Å²) in [6, 6.07) is 0. The Morgan fingerprint density at radius 2 is 2.28 bits per heavy atom. The first-order valence-corrected chi connectivity index (χ1v) is 6.31. The Hall–Kier alpha value is -1.49. The number of hydrogen-bond acceptors (Lipinski definition) is 5. The maximum Gasteiger partial charge on any atom is 0.243 e. The van der Waals surface area contributed by atoms with Crippen LogP contribution in [-0.2, 0) is 4.74 Å². The van der Waals surface area contributed by atoms with E-state index in [1.54, 1.807) is 0 Å². The first-order valence-electron chi connectivity index (χ1n) is 6.31. The molecule has 1 aliphatic rings. The smallest absolute Gasteiger partial charge is 0.243 e. The predicted molar refractivity (Wildman–Crippen MR) is 65.7 cm³/mol. The second kappa shape index (κ2) is 6.44. The van der Waals surface area contributed by atoms with Crippen molar-refractivity contribution in [2.24, 2.45) is 0 Å². The van der Waals surface area contributed by atoms with Crippen molar-refractivity contribution in [1.29, 1.82) is 0 Å². The summed E-state index contributed by atoms with van der Waals surface area (Å²) in [5, 5.41) is 0. The van der Waals surface area contributed by atoms with Gasteiger partial charge in [0.15, 0.2) is 11.5 Å². The average Bonchev–Trinajstić information content (AvgIpc) is 2.45. The lowest BCUT2D eigenvalue weighted by molar-refractivity contribution is 0.0104. The molecule has 0 aliphatic carbocycles. The van der Waals surface area contributed by atoms with Gasteiger partial charge >= 0.3 is 0 Å². The number of ether oxygens (including phenoxy) is 2. The molecule has 1 atom stereocenters. The third-order valence-corrected chi connectivity index (χ3v) is 3.09. The third kappa shape index (κ3) is 3.26. The molecule has 0 N–H and O–H groups in total. The molecule has 0 radical (unpaired) electrons. The number of hydrogen-bond donors (Lipinski definition) is 0. The van der Waals surface area contributed by atoms with E-state index in [1.807, 2.05) is 0 Å². The fourth-order valence-electron chi connectivity index (χ4n) is 2.11. The molecule has 2 rings (SSSR count). The van der Waals surface area contributed by atoms with Crippen molar-refractivity contribution in [2.75, 3.05) is 13.7 Å². The molecule has 0 bridgehead atoms. The molecule has 0 aromatic carbocycles. The van der Waals surface area contributed by atoms with E-state index < -0.39 is 0 Å². The van der Waals surface area contributed by atoms with E-state index in [1.165, 1.54) is 25.9 Å². The maximum atomic E-state index is 12.0. The van der Waals surface area contributed by atoms with Gasteiger partial charge in [-0.15, -0.1) is 0 Å². The molecule has 1 aliphatic heterocycles. The number of Topliss-reactive ketones (excluding diaryl/α,β-unsaturated/α-hetero) is 1. The van der Waals surface area contributed by atoms with Crippen molar-refractivity contribution in [3.8, 4) is 5.88 Å². The zero-order valence-corrected chi connectivity index (χ0v) is 10.6. The van der Waals surface area contributed by atoms with Gasteiger partial charge in [-0.1, -0.05) is 0 Å². The number of rotatable bonds is 5. The Kier molecular flexibility index (Phi) is 4.64. The van der Waals surface area contributed by atoms with Crippen LogP contribution in [0.5, 0.6) is 5.88 Å². The van der Waals surface area contributed by atoms with Gasteiger partial charge in [-0.3, -0.25) is 4.79 Å². The second-order valence-corrected chi connectivity index (χ2v) is 4.36. The van der Waals surface area contributed by atoms with E-state index in [0.717, 1.165) is 25.9 Å². The van der Waals surface area contributed by atoms with Gasteiger partial charge in [0.1, 0.15) is 0 Å². The van der Waals surface area contributed by atoms with E-state index >= 15 is 0 Å². The lowest BCUT2D eigenvalue weighted by atomic mass is 10.0. The summed E-state index contributed by atoms with van der Waals surface area (Å²) in [5.74, 6) is 0.265. The van der Waals surface area contributed by atoms with Crippen LogP contribution < -0.4 is 4.74 Å². The minimum absolute atomic E-state index is 0.0332. The maximum absolute atomic E-state index is 12.0. The van der Waals surface area contributed by atoms with Crippen molar-refractivity contribution >= 4 is 5.78 Å². The molecule has 0 saturated carbocycles. The number of carbonyl (C=O) groups excluding carboxylic acids is 1. The van der Waals surface area contributed by atoms with E-state index in [2.05, 4.69) is 9.97 Å². The molecule has 98 valence electrons. The lowest BCUT2D eigenvalue weighted by Gasteiger charge is -2.22. The van der Waals surface area contributed by atoms with Crippen LogP contribution in [0.3, 0.4) is 0 Å². The fourth-order valence-corrected chi connectivity index (χ4v) is 2.11. The minimum Gasteiger partial charge on any atom is -0.479 e. The SMILES string of the molecule is COc1nccnc1C(=O)CCC1CCCCO1. The first-order chi connectivity index (χ1) is 8.81. The van der Waals surface area contributed by atoms with Crippen LogP contribution in [0.4, 0.5) is 0 Å². The number of nitrogens with zero attached hydrogens (tertiary/aromatic N) is 2. The van der Waals surface area contributed by atoms with Gasteiger partial charge in [-0.05, 0) is 25.7 Å². The van der Waals surface area contributed by atoms with Crippen molar-refractivity contribution in [3.05, 3.63) is 18.1 Å². The second-order valence-electron chi connectivity index (χ2n) is 4.36. The highest BCUT2D eigenvalue weighted by atomic mass is 16.5. The highest BCUT2D eigenvalue weighted by Crippen LogP contribution is 2.19. The summed E-state index contributed by atoms with van der Waals surface area (Å²) in [7, 11) is 1.49. The molecular formula is C13H18N2O3. The molecule has 0 spiro atoms. The van der Waals surface area contributed by atoms with Gasteiger partial charge in [-0.2, -0.15) is 0 Å². The van der Waals surface area contributed by atoms with E-state index in [0.29, 0.717) is 18.0 Å². The molecule has 18 heavy (non-hydrogen) atoms. The summed E-state index contributed by atoms with van der Waals surface area (Å²) in [4.78, 5) is 20.0. The van der Waals surface area contributed by atoms with Crippen LogP contribution in [0.15, 0.2) is 12.4 Å². The van der Waals surface area contributed by atoms with E-state index in [9.17, 15) is 4.79 Å². The Bertz CT molecular complexity index is 403. The Labute approximate surface area is 107 Å². The summed E-state index contributed by atoms with van der Waals surface area (Å²) in [5.41, 5.74) is 0.316. The molecule has 1 saturated heterocycles. The van der Waals surface area contributed by atoms with Crippen LogP contribution in [0, 0.1) is 0 Å². The topological polar surface area (TPSA) is 61.3 Å². The van der Waals surface area contributed by atoms with Crippen LogP contribution in [-0.4, -0.2) is 35.6 Å². The lowest BCUT2D eigenvalue weighted by Crippen LogP contribution is -2.20. The zero-order valence-electron chi connectivity index (χ0n) is 10.6. The molecule has 1 unspecified atom stereocenters. The zero-order chi connectivity index (χ0) is 12.8. The number of aromatic nitrogens is 2. The first kappa shape index (κ1) is 13.0. The molecule has 1 aromatic rings. The molecule has 2 heterocycles. The number of carbonyl (C=O) groups is 1. The fraction of sp³-hybridized carbons (Fsp3) is 0.615. The summed E-state index contributed by atoms with van der Waals surface area (Å²) in [6.07, 6.45) is 7.77. The average molecular weight is 250 g/mol. The van der Waals surface area contributed by atoms with Crippen LogP contribution >= 0.6 is 0 Å². The van der Waals surface area contributed by atoms with Gasteiger partial charge in [0.2, 0.25) is 5.88 Å². The third-order valence-electron chi connectivity index (χ3n) is 3.09. The van der Waals surface area contributed by atoms with Crippen molar-refractivity contribution in [1.82, 2.24) is 9.97 Å². The molecule has 5 nitrogen and oxygen atoms in total. The van der Waals surface area contributed by atoms with Gasteiger partial charge in [0, 0.05) is 25.4 Å². The largest absolute Gasteiger partial charge is 0.479 e. The molecule has 0 amide bonds. The van der Waals surface area contributed by atoms with E-state index in [-0.39, 0.29) is 11.9 Å².